The van der Waals surface area contributed by atoms with Crippen LogP contribution in [0.2, 0.25) is 0 Å². The Morgan fingerprint density at radius 2 is 1.81 bits per heavy atom. The predicted octanol–water partition coefficient (Wildman–Crippen LogP) is 4.67. The molecule has 1 heterocycles. The number of rotatable bonds is 5. The lowest BCUT2D eigenvalue weighted by Gasteiger charge is -2.09. The van der Waals surface area contributed by atoms with Crippen LogP contribution in [-0.2, 0) is 5.75 Å². The number of carbonyl (C=O) groups excluding carboxylic acids is 1. The van der Waals surface area contributed by atoms with Crippen molar-refractivity contribution in [3.05, 3.63) is 71.9 Å². The van der Waals surface area contributed by atoms with E-state index in [2.05, 4.69) is 17.1 Å². The minimum atomic E-state index is -0.0515. The molecule has 0 aliphatic heterocycles. The molecule has 1 N–H and O–H groups in total. The van der Waals surface area contributed by atoms with Gasteiger partial charge in [-0.2, -0.15) is 0 Å². The van der Waals surface area contributed by atoms with Crippen molar-refractivity contribution < 1.29 is 4.79 Å². The van der Waals surface area contributed by atoms with Crippen LogP contribution in [0.15, 0.2) is 60.8 Å². The minimum absolute atomic E-state index is 0.0515. The molecule has 3 rings (SSSR count). The lowest BCUT2D eigenvalue weighted by molar-refractivity contribution is 0.0995. The van der Waals surface area contributed by atoms with Gasteiger partial charge < -0.3 is 4.98 Å². The van der Waals surface area contributed by atoms with Crippen LogP contribution < -0.4 is 0 Å². The molecular formula is C18H17NOS. The number of hydrogen-bond donors (Lipinski definition) is 1. The summed E-state index contributed by atoms with van der Waals surface area (Å²) in [4.78, 5) is 15.8. The van der Waals surface area contributed by atoms with E-state index in [0.29, 0.717) is 0 Å². The van der Waals surface area contributed by atoms with E-state index in [4.69, 9.17) is 0 Å². The molecule has 0 amide bonds. The molecular weight excluding hydrogens is 278 g/mol. The van der Waals surface area contributed by atoms with E-state index in [1.54, 1.807) is 11.8 Å². The van der Waals surface area contributed by atoms with Crippen LogP contribution in [0.1, 0.15) is 22.8 Å². The van der Waals surface area contributed by atoms with Crippen molar-refractivity contribution in [3.8, 4) is 0 Å². The first kappa shape index (κ1) is 14.0. The molecule has 3 heteroatoms. The second kappa shape index (κ2) is 6.19. The number of hydrogen-bond acceptors (Lipinski definition) is 2. The van der Waals surface area contributed by atoms with E-state index < -0.39 is 0 Å². The number of H-pyrrole nitrogens is 1. The van der Waals surface area contributed by atoms with Gasteiger partial charge in [-0.25, -0.2) is 0 Å². The number of ketones is 1. The maximum absolute atomic E-state index is 12.6. The molecule has 0 saturated carbocycles. The molecule has 1 atom stereocenters. The van der Waals surface area contributed by atoms with Crippen molar-refractivity contribution in [3.63, 3.8) is 0 Å². The largest absolute Gasteiger partial charge is 0.360 e. The third kappa shape index (κ3) is 3.03. The van der Waals surface area contributed by atoms with Gasteiger partial charge in [-0.05, 0) is 18.6 Å². The summed E-state index contributed by atoms with van der Waals surface area (Å²) in [6, 6.07) is 18.2. The molecule has 0 spiro atoms. The quantitative estimate of drug-likeness (QED) is 0.694. The van der Waals surface area contributed by atoms with Crippen LogP contribution >= 0.6 is 11.8 Å². The number of thioether (sulfide) groups is 1. The van der Waals surface area contributed by atoms with Gasteiger partial charge in [0.15, 0.2) is 5.78 Å². The lowest BCUT2D eigenvalue weighted by atomic mass is 10.1. The number of nitrogens with one attached hydrogen (secondary N) is 1. The van der Waals surface area contributed by atoms with Crippen molar-refractivity contribution >= 4 is 28.4 Å². The SMILES string of the molecule is CC(SCc1ccccc1)C(=O)c1c[nH]c2ccccc12. The zero-order valence-corrected chi connectivity index (χ0v) is 12.7. The topological polar surface area (TPSA) is 32.9 Å². The number of para-hydroxylation sites is 1. The van der Waals surface area contributed by atoms with Gasteiger partial charge in [-0.15, -0.1) is 11.8 Å². The van der Waals surface area contributed by atoms with E-state index in [1.807, 2.05) is 55.6 Å². The molecule has 0 aliphatic carbocycles. The van der Waals surface area contributed by atoms with Gasteiger partial charge in [0.1, 0.15) is 0 Å². The fourth-order valence-corrected chi connectivity index (χ4v) is 3.28. The smallest absolute Gasteiger partial charge is 0.177 e. The van der Waals surface area contributed by atoms with Gasteiger partial charge in [0.2, 0.25) is 0 Å². The number of fused-ring (bicyclic) bond motifs is 1. The van der Waals surface area contributed by atoms with Gasteiger partial charge in [0.05, 0.1) is 5.25 Å². The van der Waals surface area contributed by atoms with Gasteiger partial charge in [-0.1, -0.05) is 48.5 Å². The summed E-state index contributed by atoms with van der Waals surface area (Å²) in [6.45, 7) is 1.98. The van der Waals surface area contributed by atoms with Crippen LogP contribution in [0.3, 0.4) is 0 Å². The molecule has 0 aliphatic rings. The van der Waals surface area contributed by atoms with Crippen molar-refractivity contribution in [1.29, 1.82) is 0 Å². The standard InChI is InChI=1S/C18H17NOS/c1-13(21-12-14-7-3-2-4-8-14)18(20)16-11-19-17-10-6-5-9-15(16)17/h2-11,13,19H,12H2,1H3. The first-order valence-corrected chi connectivity index (χ1v) is 8.06. The summed E-state index contributed by atoms with van der Waals surface area (Å²) >= 11 is 1.68. The van der Waals surface area contributed by atoms with Crippen LogP contribution in [0.4, 0.5) is 0 Å². The van der Waals surface area contributed by atoms with Gasteiger partial charge in [0, 0.05) is 28.4 Å². The highest BCUT2D eigenvalue weighted by Gasteiger charge is 2.18. The number of aromatic nitrogens is 1. The Kier molecular flexibility index (Phi) is 4.11. The summed E-state index contributed by atoms with van der Waals surface area (Å²) in [5, 5.41) is 0.957. The van der Waals surface area contributed by atoms with Crippen molar-refractivity contribution in [1.82, 2.24) is 4.98 Å². The molecule has 0 saturated heterocycles. The van der Waals surface area contributed by atoms with Gasteiger partial charge >= 0.3 is 0 Å². The lowest BCUT2D eigenvalue weighted by Crippen LogP contribution is -2.13. The van der Waals surface area contributed by atoms with Crippen molar-refractivity contribution in [2.45, 2.75) is 17.9 Å². The highest BCUT2D eigenvalue weighted by Crippen LogP contribution is 2.25. The highest BCUT2D eigenvalue weighted by molar-refractivity contribution is 7.99. The number of benzene rings is 2. The number of Topliss-reactive ketones (excluding diaryl/α,β-unsaturated/α-hetero) is 1. The Morgan fingerprint density at radius 3 is 2.62 bits per heavy atom. The van der Waals surface area contributed by atoms with Crippen LogP contribution in [-0.4, -0.2) is 16.0 Å². The number of aromatic amines is 1. The Morgan fingerprint density at radius 1 is 1.10 bits per heavy atom. The summed E-state index contributed by atoms with van der Waals surface area (Å²) in [5.41, 5.74) is 3.06. The second-order valence-electron chi connectivity index (χ2n) is 5.05. The van der Waals surface area contributed by atoms with Crippen molar-refractivity contribution in [2.24, 2.45) is 0 Å². The molecule has 1 aromatic heterocycles. The normalized spacial score (nSPS) is 12.4. The monoisotopic (exact) mass is 295 g/mol. The van der Waals surface area contributed by atoms with Gasteiger partial charge in [-0.3, -0.25) is 4.79 Å². The number of carbonyl (C=O) groups is 1. The van der Waals surface area contributed by atoms with E-state index >= 15 is 0 Å². The van der Waals surface area contributed by atoms with E-state index in [-0.39, 0.29) is 11.0 Å². The van der Waals surface area contributed by atoms with E-state index in [0.717, 1.165) is 22.2 Å². The predicted molar refractivity (Wildman–Crippen MR) is 89.8 cm³/mol. The van der Waals surface area contributed by atoms with Crippen LogP contribution in [0.25, 0.3) is 10.9 Å². The Bertz CT molecular complexity index is 748. The molecule has 2 nitrogen and oxygen atoms in total. The van der Waals surface area contributed by atoms with E-state index in [9.17, 15) is 4.79 Å². The first-order chi connectivity index (χ1) is 10.3. The fourth-order valence-electron chi connectivity index (χ4n) is 2.37. The fraction of sp³-hybridized carbons (Fsp3) is 0.167. The molecule has 1 unspecified atom stereocenters. The zero-order chi connectivity index (χ0) is 14.7. The summed E-state index contributed by atoms with van der Waals surface area (Å²) in [5.74, 6) is 1.05. The van der Waals surface area contributed by atoms with Crippen molar-refractivity contribution in [2.75, 3.05) is 0 Å². The maximum atomic E-state index is 12.6. The molecule has 0 radical (unpaired) electrons. The molecule has 2 aromatic carbocycles. The van der Waals surface area contributed by atoms with Crippen LogP contribution in [0.5, 0.6) is 0 Å². The molecule has 21 heavy (non-hydrogen) atoms. The Hall–Kier alpha value is -2.00. The summed E-state index contributed by atoms with van der Waals surface area (Å²) in [6.07, 6.45) is 1.83. The molecule has 106 valence electrons. The zero-order valence-electron chi connectivity index (χ0n) is 11.9. The molecule has 0 fully saturated rings. The summed E-state index contributed by atoms with van der Waals surface area (Å²) in [7, 11) is 0. The average Bonchev–Trinajstić information content (AvgIpc) is 2.97. The highest BCUT2D eigenvalue weighted by atomic mass is 32.2. The average molecular weight is 295 g/mol. The molecule has 3 aromatic rings. The second-order valence-corrected chi connectivity index (χ2v) is 6.38. The minimum Gasteiger partial charge on any atom is -0.360 e. The van der Waals surface area contributed by atoms with Crippen LogP contribution in [0, 0.1) is 0 Å². The Labute approximate surface area is 128 Å². The Balaban J connectivity index is 1.72. The summed E-state index contributed by atoms with van der Waals surface area (Å²) < 4.78 is 0. The maximum Gasteiger partial charge on any atom is 0.177 e. The molecule has 0 bridgehead atoms. The first-order valence-electron chi connectivity index (χ1n) is 7.01. The van der Waals surface area contributed by atoms with Gasteiger partial charge in [0.25, 0.3) is 0 Å². The third-order valence-electron chi connectivity index (χ3n) is 3.57. The van der Waals surface area contributed by atoms with E-state index in [1.165, 1.54) is 5.56 Å². The third-order valence-corrected chi connectivity index (χ3v) is 4.78.